The largest absolute Gasteiger partial charge is 0.337 e. The van der Waals surface area contributed by atoms with E-state index in [0.29, 0.717) is 6.04 Å². The van der Waals surface area contributed by atoms with Gasteiger partial charge in [0, 0.05) is 44.8 Å². The van der Waals surface area contributed by atoms with Crippen molar-refractivity contribution in [2.75, 3.05) is 6.54 Å². The van der Waals surface area contributed by atoms with E-state index in [9.17, 15) is 0 Å². The molecule has 19 heavy (non-hydrogen) atoms. The second-order valence-corrected chi connectivity index (χ2v) is 5.57. The lowest BCUT2D eigenvalue weighted by atomic mass is 10.0. The summed E-state index contributed by atoms with van der Waals surface area (Å²) < 4.78 is 2.10. The van der Waals surface area contributed by atoms with E-state index in [1.165, 1.54) is 17.7 Å². The van der Waals surface area contributed by atoms with Gasteiger partial charge in [0.05, 0.1) is 12.0 Å². The zero-order valence-corrected chi connectivity index (χ0v) is 11.5. The number of aryl methyl sites for hydroxylation is 1. The number of aromatic nitrogens is 3. The maximum Gasteiger partial charge on any atom is 0.0945 e. The van der Waals surface area contributed by atoms with Crippen LogP contribution in [0.4, 0.5) is 0 Å². The summed E-state index contributed by atoms with van der Waals surface area (Å²) in [4.78, 5) is 11.0. The fraction of sp³-hybridized carbons (Fsp3) is 0.467. The molecule has 2 aromatic heterocycles. The molecule has 3 heterocycles. The molecule has 1 aliphatic rings. The van der Waals surface area contributed by atoms with Crippen molar-refractivity contribution in [3.05, 3.63) is 48.3 Å². The zero-order chi connectivity index (χ0) is 13.2. The minimum absolute atomic E-state index is 0.485. The van der Waals surface area contributed by atoms with E-state index in [4.69, 9.17) is 0 Å². The monoisotopic (exact) mass is 256 g/mol. The molecule has 0 aliphatic carbocycles. The smallest absolute Gasteiger partial charge is 0.0945 e. The van der Waals surface area contributed by atoms with Gasteiger partial charge in [0.25, 0.3) is 0 Å². The Morgan fingerprint density at radius 1 is 1.32 bits per heavy atom. The normalized spacial score (nSPS) is 23.9. The van der Waals surface area contributed by atoms with Crippen molar-refractivity contribution in [1.82, 2.24) is 19.4 Å². The van der Waals surface area contributed by atoms with Gasteiger partial charge < -0.3 is 4.57 Å². The Balaban J connectivity index is 1.81. The number of hydrogen-bond donors (Lipinski definition) is 0. The fourth-order valence-corrected chi connectivity index (χ4v) is 2.97. The summed E-state index contributed by atoms with van der Waals surface area (Å²) in [7, 11) is 2.06. The molecule has 2 atom stereocenters. The van der Waals surface area contributed by atoms with Crippen molar-refractivity contribution in [1.29, 1.82) is 0 Å². The van der Waals surface area contributed by atoms with Crippen LogP contribution >= 0.6 is 0 Å². The van der Waals surface area contributed by atoms with Crippen LogP contribution in [0.15, 0.2) is 37.1 Å². The van der Waals surface area contributed by atoms with Crippen LogP contribution in [0.1, 0.15) is 30.6 Å². The summed E-state index contributed by atoms with van der Waals surface area (Å²) in [6.07, 6.45) is 8.88. The summed E-state index contributed by atoms with van der Waals surface area (Å²) >= 11 is 0. The number of likely N-dealkylation sites (tertiary alicyclic amines) is 1. The molecule has 0 N–H and O–H groups in total. The number of imidazole rings is 1. The van der Waals surface area contributed by atoms with Gasteiger partial charge in [0.1, 0.15) is 0 Å². The lowest BCUT2D eigenvalue weighted by Crippen LogP contribution is -2.24. The third-order valence-corrected chi connectivity index (χ3v) is 3.96. The van der Waals surface area contributed by atoms with Crippen molar-refractivity contribution in [2.24, 2.45) is 13.0 Å². The Hall–Kier alpha value is -1.68. The van der Waals surface area contributed by atoms with Crippen LogP contribution in [0.3, 0.4) is 0 Å². The van der Waals surface area contributed by atoms with Gasteiger partial charge in [0.2, 0.25) is 0 Å². The van der Waals surface area contributed by atoms with E-state index in [1.54, 1.807) is 0 Å². The maximum atomic E-state index is 4.26. The minimum atomic E-state index is 0.485. The van der Waals surface area contributed by atoms with Gasteiger partial charge in [-0.25, -0.2) is 4.98 Å². The van der Waals surface area contributed by atoms with Crippen LogP contribution in [0.2, 0.25) is 0 Å². The topological polar surface area (TPSA) is 34.0 Å². The van der Waals surface area contributed by atoms with Gasteiger partial charge >= 0.3 is 0 Å². The van der Waals surface area contributed by atoms with Gasteiger partial charge in [0.15, 0.2) is 0 Å². The highest BCUT2D eigenvalue weighted by Gasteiger charge is 2.31. The lowest BCUT2D eigenvalue weighted by Gasteiger charge is -2.24. The molecule has 2 unspecified atom stereocenters. The second kappa shape index (κ2) is 5.13. The quantitative estimate of drug-likeness (QED) is 0.845. The van der Waals surface area contributed by atoms with E-state index in [2.05, 4.69) is 39.5 Å². The molecular formula is C15H20N4. The van der Waals surface area contributed by atoms with Crippen molar-refractivity contribution in [3.8, 4) is 0 Å². The molecule has 0 radical (unpaired) electrons. The summed E-state index contributed by atoms with van der Waals surface area (Å²) in [5, 5.41) is 0. The van der Waals surface area contributed by atoms with Crippen LogP contribution in [0, 0.1) is 5.92 Å². The molecule has 4 heteroatoms. The fourth-order valence-electron chi connectivity index (χ4n) is 2.97. The molecule has 1 saturated heterocycles. The Bertz CT molecular complexity index is 534. The standard InChI is InChI=1S/C15H20N4/c1-12-6-15(13-4-3-5-16-7-13)19(9-12)10-14-8-17-11-18(14)2/h3-5,7-8,11-12,15H,6,9-10H2,1-2H3. The summed E-state index contributed by atoms with van der Waals surface area (Å²) in [6.45, 7) is 4.43. The second-order valence-electron chi connectivity index (χ2n) is 5.57. The molecule has 3 rings (SSSR count). The first-order valence-electron chi connectivity index (χ1n) is 6.83. The van der Waals surface area contributed by atoms with Crippen LogP contribution in [0.25, 0.3) is 0 Å². The molecule has 4 nitrogen and oxygen atoms in total. The van der Waals surface area contributed by atoms with E-state index < -0.39 is 0 Å². The van der Waals surface area contributed by atoms with Crippen LogP contribution in [0.5, 0.6) is 0 Å². The molecule has 0 amide bonds. The van der Waals surface area contributed by atoms with Crippen LogP contribution < -0.4 is 0 Å². The Kier molecular flexibility index (Phi) is 3.34. The van der Waals surface area contributed by atoms with Gasteiger partial charge in [-0.2, -0.15) is 0 Å². The number of rotatable bonds is 3. The molecule has 0 saturated carbocycles. The highest BCUT2D eigenvalue weighted by atomic mass is 15.2. The number of hydrogen-bond acceptors (Lipinski definition) is 3. The number of pyridine rings is 1. The van der Waals surface area contributed by atoms with Crippen molar-refractivity contribution < 1.29 is 0 Å². The molecule has 100 valence electrons. The highest BCUT2D eigenvalue weighted by Crippen LogP contribution is 2.35. The van der Waals surface area contributed by atoms with Crippen LogP contribution in [-0.4, -0.2) is 26.0 Å². The van der Waals surface area contributed by atoms with E-state index in [1.807, 2.05) is 31.0 Å². The summed E-state index contributed by atoms with van der Waals surface area (Å²) in [6, 6.07) is 4.70. The predicted molar refractivity (Wildman–Crippen MR) is 74.4 cm³/mol. The Morgan fingerprint density at radius 2 is 2.21 bits per heavy atom. The highest BCUT2D eigenvalue weighted by molar-refractivity contribution is 5.16. The third-order valence-electron chi connectivity index (χ3n) is 3.96. The molecule has 1 aliphatic heterocycles. The van der Waals surface area contributed by atoms with Crippen molar-refractivity contribution in [2.45, 2.75) is 25.9 Å². The summed E-state index contributed by atoms with van der Waals surface area (Å²) in [5.74, 6) is 0.735. The lowest BCUT2D eigenvalue weighted by molar-refractivity contribution is 0.240. The van der Waals surface area contributed by atoms with E-state index in [0.717, 1.165) is 19.0 Å². The first kappa shape index (κ1) is 12.4. The average molecular weight is 256 g/mol. The van der Waals surface area contributed by atoms with Crippen molar-refractivity contribution >= 4 is 0 Å². The first-order valence-corrected chi connectivity index (χ1v) is 6.83. The number of nitrogens with zero attached hydrogens (tertiary/aromatic N) is 4. The molecule has 0 bridgehead atoms. The van der Waals surface area contributed by atoms with Gasteiger partial charge in [-0.05, 0) is 24.0 Å². The van der Waals surface area contributed by atoms with Gasteiger partial charge in [-0.3, -0.25) is 9.88 Å². The van der Waals surface area contributed by atoms with Gasteiger partial charge in [-0.15, -0.1) is 0 Å². The van der Waals surface area contributed by atoms with Gasteiger partial charge in [-0.1, -0.05) is 13.0 Å². The van der Waals surface area contributed by atoms with Crippen molar-refractivity contribution in [3.63, 3.8) is 0 Å². The Morgan fingerprint density at radius 3 is 2.89 bits per heavy atom. The predicted octanol–water partition coefficient (Wildman–Crippen LogP) is 2.40. The molecule has 0 aromatic carbocycles. The maximum absolute atomic E-state index is 4.26. The molecule has 2 aromatic rings. The first-order chi connectivity index (χ1) is 9.24. The Labute approximate surface area is 114 Å². The van der Waals surface area contributed by atoms with Crippen LogP contribution in [-0.2, 0) is 13.6 Å². The zero-order valence-electron chi connectivity index (χ0n) is 11.5. The average Bonchev–Trinajstić information content (AvgIpc) is 2.98. The van der Waals surface area contributed by atoms with E-state index in [-0.39, 0.29) is 0 Å². The third kappa shape index (κ3) is 2.54. The molecule has 0 spiro atoms. The van der Waals surface area contributed by atoms with E-state index >= 15 is 0 Å². The summed E-state index contributed by atoms with van der Waals surface area (Å²) in [5.41, 5.74) is 2.59. The molecular weight excluding hydrogens is 236 g/mol. The molecule has 1 fully saturated rings. The minimum Gasteiger partial charge on any atom is -0.337 e. The SMILES string of the molecule is CC1CC(c2cccnc2)N(Cc2cncn2C)C1.